The van der Waals surface area contributed by atoms with Crippen molar-refractivity contribution in [1.29, 1.82) is 0 Å². The van der Waals surface area contributed by atoms with Gasteiger partial charge in [0, 0.05) is 18.6 Å². The molecule has 0 unspecified atom stereocenters. The van der Waals surface area contributed by atoms with Crippen molar-refractivity contribution in [3.8, 4) is 5.95 Å². The fourth-order valence-electron chi connectivity index (χ4n) is 1.18. The molecule has 1 N–H and O–H groups in total. The van der Waals surface area contributed by atoms with Gasteiger partial charge in [-0.15, -0.1) is 0 Å². The van der Waals surface area contributed by atoms with Crippen LogP contribution in [0.4, 0.5) is 0 Å². The van der Waals surface area contributed by atoms with E-state index in [1.165, 1.54) is 10.9 Å². The topological polar surface area (TPSA) is 80.9 Å². The first-order chi connectivity index (χ1) is 7.18. The number of hydrogen-bond donors (Lipinski definition) is 1. The van der Waals surface area contributed by atoms with Gasteiger partial charge in [-0.25, -0.2) is 19.4 Å². The van der Waals surface area contributed by atoms with Crippen LogP contribution in [-0.4, -0.2) is 30.8 Å². The number of aryl methyl sites for hydroxylation is 1. The molecule has 2 rings (SSSR count). The molecule has 0 aliphatic carbocycles. The fourth-order valence-corrected chi connectivity index (χ4v) is 1.18. The zero-order valence-corrected chi connectivity index (χ0v) is 7.95. The lowest BCUT2D eigenvalue weighted by Gasteiger charge is -1.95. The van der Waals surface area contributed by atoms with Gasteiger partial charge in [-0.05, 0) is 13.0 Å². The third kappa shape index (κ3) is 1.69. The average Bonchev–Trinajstić information content (AvgIpc) is 2.62. The van der Waals surface area contributed by atoms with Crippen molar-refractivity contribution < 1.29 is 9.90 Å². The number of aromatic carboxylic acids is 1. The molecule has 2 heterocycles. The van der Waals surface area contributed by atoms with Crippen LogP contribution >= 0.6 is 0 Å². The zero-order chi connectivity index (χ0) is 10.8. The van der Waals surface area contributed by atoms with E-state index in [0.29, 0.717) is 11.6 Å². The normalized spacial score (nSPS) is 10.2. The summed E-state index contributed by atoms with van der Waals surface area (Å²) in [6.07, 6.45) is 4.53. The molecule has 2 aromatic heterocycles. The van der Waals surface area contributed by atoms with E-state index in [0.717, 1.165) is 0 Å². The van der Waals surface area contributed by atoms with Gasteiger partial charge in [-0.1, -0.05) is 0 Å². The molecular weight excluding hydrogens is 196 g/mol. The van der Waals surface area contributed by atoms with E-state index in [2.05, 4.69) is 15.1 Å². The molecule has 0 aromatic carbocycles. The summed E-state index contributed by atoms with van der Waals surface area (Å²) in [5.41, 5.74) is 0.595. The quantitative estimate of drug-likeness (QED) is 0.777. The number of carboxylic acids is 1. The largest absolute Gasteiger partial charge is 0.478 e. The van der Waals surface area contributed by atoms with Gasteiger partial charge in [0.2, 0.25) is 5.95 Å². The molecule has 2 aromatic rings. The molecule has 0 atom stereocenters. The molecule has 0 spiro atoms. The van der Waals surface area contributed by atoms with E-state index in [-0.39, 0.29) is 5.56 Å². The van der Waals surface area contributed by atoms with Crippen LogP contribution in [0.3, 0.4) is 0 Å². The van der Waals surface area contributed by atoms with E-state index in [9.17, 15) is 4.79 Å². The molecule has 6 nitrogen and oxygen atoms in total. The molecule has 0 fully saturated rings. The van der Waals surface area contributed by atoms with Crippen LogP contribution in [0.2, 0.25) is 0 Å². The Morgan fingerprint density at radius 2 is 2.07 bits per heavy atom. The Balaban J connectivity index is 2.48. The Labute approximate surface area is 85.2 Å². The van der Waals surface area contributed by atoms with Crippen molar-refractivity contribution in [3.05, 3.63) is 35.9 Å². The van der Waals surface area contributed by atoms with Gasteiger partial charge < -0.3 is 5.11 Å². The first-order valence-corrected chi connectivity index (χ1v) is 4.25. The molecule has 15 heavy (non-hydrogen) atoms. The zero-order valence-electron chi connectivity index (χ0n) is 7.95. The summed E-state index contributed by atoms with van der Waals surface area (Å²) in [7, 11) is 0. The monoisotopic (exact) mass is 204 g/mol. The predicted molar refractivity (Wildman–Crippen MR) is 50.9 cm³/mol. The minimum Gasteiger partial charge on any atom is -0.478 e. The van der Waals surface area contributed by atoms with E-state index in [1.807, 2.05) is 0 Å². The smallest absolute Gasteiger partial charge is 0.339 e. The summed E-state index contributed by atoms with van der Waals surface area (Å²) in [4.78, 5) is 18.7. The van der Waals surface area contributed by atoms with Crippen LogP contribution in [0.5, 0.6) is 0 Å². The van der Waals surface area contributed by atoms with Crippen LogP contribution in [0.15, 0.2) is 24.7 Å². The summed E-state index contributed by atoms with van der Waals surface area (Å²) in [6.45, 7) is 1.63. The molecule has 0 radical (unpaired) electrons. The highest BCUT2D eigenvalue weighted by molar-refractivity contribution is 5.88. The Bertz CT molecular complexity index is 492. The van der Waals surface area contributed by atoms with Gasteiger partial charge in [0.25, 0.3) is 0 Å². The van der Waals surface area contributed by atoms with E-state index >= 15 is 0 Å². The summed E-state index contributed by atoms with van der Waals surface area (Å²) in [6, 6.07) is 1.68. The SMILES string of the molecule is Cc1nn(-c2ncccn2)cc1C(=O)O. The summed E-state index contributed by atoms with van der Waals surface area (Å²) < 4.78 is 1.35. The summed E-state index contributed by atoms with van der Waals surface area (Å²) in [5, 5.41) is 12.8. The Morgan fingerprint density at radius 1 is 1.40 bits per heavy atom. The Kier molecular flexibility index (Phi) is 2.17. The lowest BCUT2D eigenvalue weighted by Crippen LogP contribution is -2.00. The van der Waals surface area contributed by atoms with Crippen molar-refractivity contribution in [3.63, 3.8) is 0 Å². The van der Waals surface area contributed by atoms with Gasteiger partial charge in [-0.3, -0.25) is 0 Å². The van der Waals surface area contributed by atoms with Crippen molar-refractivity contribution in [2.45, 2.75) is 6.92 Å². The van der Waals surface area contributed by atoms with Gasteiger partial charge in [0.15, 0.2) is 0 Å². The third-order valence-electron chi connectivity index (χ3n) is 1.89. The number of carboxylic acid groups (broad SMARTS) is 1. The van der Waals surface area contributed by atoms with Gasteiger partial charge in [-0.2, -0.15) is 5.10 Å². The molecule has 0 aliphatic heterocycles. The Hall–Kier alpha value is -2.24. The molecule has 0 saturated carbocycles. The number of hydrogen-bond acceptors (Lipinski definition) is 4. The van der Waals surface area contributed by atoms with Crippen LogP contribution < -0.4 is 0 Å². The van der Waals surface area contributed by atoms with Gasteiger partial charge >= 0.3 is 5.97 Å². The van der Waals surface area contributed by atoms with Crippen molar-refractivity contribution in [1.82, 2.24) is 19.7 Å². The van der Waals surface area contributed by atoms with E-state index < -0.39 is 5.97 Å². The minimum absolute atomic E-state index is 0.155. The second-order valence-corrected chi connectivity index (χ2v) is 2.93. The first kappa shape index (κ1) is 9.32. The highest BCUT2D eigenvalue weighted by Crippen LogP contribution is 2.07. The molecule has 0 saturated heterocycles. The summed E-state index contributed by atoms with van der Waals surface area (Å²) >= 11 is 0. The maximum absolute atomic E-state index is 10.8. The molecule has 6 heteroatoms. The second-order valence-electron chi connectivity index (χ2n) is 2.93. The average molecular weight is 204 g/mol. The minimum atomic E-state index is -1.00. The highest BCUT2D eigenvalue weighted by atomic mass is 16.4. The first-order valence-electron chi connectivity index (χ1n) is 4.25. The number of aromatic nitrogens is 4. The lowest BCUT2D eigenvalue weighted by atomic mass is 10.3. The number of nitrogens with zero attached hydrogens (tertiary/aromatic N) is 4. The standard InChI is InChI=1S/C9H8N4O2/c1-6-7(8(14)15)5-13(12-6)9-10-3-2-4-11-9/h2-5H,1H3,(H,14,15). The fraction of sp³-hybridized carbons (Fsp3) is 0.111. The maximum atomic E-state index is 10.8. The van der Waals surface area contributed by atoms with Crippen LogP contribution in [-0.2, 0) is 0 Å². The van der Waals surface area contributed by atoms with Crippen molar-refractivity contribution in [2.24, 2.45) is 0 Å². The molecule has 0 aliphatic rings. The number of carbonyl (C=O) groups is 1. The molecular formula is C9H8N4O2. The van der Waals surface area contributed by atoms with E-state index in [4.69, 9.17) is 5.11 Å². The van der Waals surface area contributed by atoms with E-state index in [1.54, 1.807) is 25.4 Å². The summed E-state index contributed by atoms with van der Waals surface area (Å²) in [5.74, 6) is -0.650. The molecule has 0 amide bonds. The van der Waals surface area contributed by atoms with Gasteiger partial charge in [0.1, 0.15) is 5.56 Å². The van der Waals surface area contributed by atoms with Crippen molar-refractivity contribution >= 4 is 5.97 Å². The van der Waals surface area contributed by atoms with Crippen molar-refractivity contribution in [2.75, 3.05) is 0 Å². The third-order valence-corrected chi connectivity index (χ3v) is 1.89. The lowest BCUT2D eigenvalue weighted by molar-refractivity contribution is 0.0696. The maximum Gasteiger partial charge on any atom is 0.339 e. The molecule has 76 valence electrons. The van der Waals surface area contributed by atoms with Gasteiger partial charge in [0.05, 0.1) is 5.69 Å². The predicted octanol–water partition coefficient (Wildman–Crippen LogP) is 0.669. The van der Waals surface area contributed by atoms with Crippen LogP contribution in [0.1, 0.15) is 16.1 Å². The number of rotatable bonds is 2. The Morgan fingerprint density at radius 3 is 2.60 bits per heavy atom. The highest BCUT2D eigenvalue weighted by Gasteiger charge is 2.13. The molecule has 0 bridgehead atoms. The van der Waals surface area contributed by atoms with Crippen LogP contribution in [0.25, 0.3) is 5.95 Å². The second kappa shape index (κ2) is 3.49. The van der Waals surface area contributed by atoms with Crippen LogP contribution in [0, 0.1) is 6.92 Å².